The van der Waals surface area contributed by atoms with Crippen molar-refractivity contribution in [2.24, 2.45) is 0 Å². The molecule has 1 aliphatic heterocycles. The first-order valence-corrected chi connectivity index (χ1v) is 9.24. The van der Waals surface area contributed by atoms with Gasteiger partial charge in [0.25, 0.3) is 0 Å². The van der Waals surface area contributed by atoms with E-state index in [1.807, 2.05) is 13.0 Å². The lowest BCUT2D eigenvalue weighted by Gasteiger charge is -2.17. The minimum atomic E-state index is -0.348. The Morgan fingerprint density at radius 3 is 2.67 bits per heavy atom. The number of aryl methyl sites for hydroxylation is 1. The van der Waals surface area contributed by atoms with E-state index in [1.165, 1.54) is 37.0 Å². The molecule has 1 aromatic heterocycles. The van der Waals surface area contributed by atoms with E-state index in [0.29, 0.717) is 15.8 Å². The Hall–Kier alpha value is -1.86. The lowest BCUT2D eigenvalue weighted by molar-refractivity contribution is 0.262. The minimum absolute atomic E-state index is 0.348. The summed E-state index contributed by atoms with van der Waals surface area (Å²) in [6.07, 6.45) is 4.89. The van der Waals surface area contributed by atoms with Crippen LogP contribution >= 0.6 is 22.9 Å². The third-order valence-corrected chi connectivity index (χ3v) is 5.09. The molecule has 0 aliphatic carbocycles. The van der Waals surface area contributed by atoms with Crippen molar-refractivity contribution in [1.82, 2.24) is 10.2 Å². The van der Waals surface area contributed by atoms with Gasteiger partial charge in [0.1, 0.15) is 0 Å². The van der Waals surface area contributed by atoms with E-state index in [9.17, 15) is 4.79 Å². The van der Waals surface area contributed by atoms with Gasteiger partial charge in [0.05, 0.1) is 0 Å². The predicted molar refractivity (Wildman–Crippen MR) is 99.4 cm³/mol. The number of hydrogen-bond acceptors (Lipinski definition) is 5. The zero-order valence-corrected chi connectivity index (χ0v) is 15.1. The van der Waals surface area contributed by atoms with Crippen LogP contribution in [0.4, 0.5) is 20.7 Å². The van der Waals surface area contributed by atoms with E-state index in [0.717, 1.165) is 23.8 Å². The molecule has 0 spiro atoms. The molecule has 2 N–H and O–H groups in total. The molecule has 1 aliphatic rings. The molecular weight excluding hydrogens is 346 g/mol. The van der Waals surface area contributed by atoms with Crippen LogP contribution in [0.15, 0.2) is 18.2 Å². The van der Waals surface area contributed by atoms with Gasteiger partial charge in [-0.05, 0) is 37.5 Å². The number of rotatable bonds is 3. The quantitative estimate of drug-likeness (QED) is 0.838. The maximum atomic E-state index is 12.1. The summed E-state index contributed by atoms with van der Waals surface area (Å²) in [6.45, 7) is 3.92. The SMILES string of the molecule is Cc1ccc(Cl)cc1NC(=O)Nc1nnc(N2CCCCCC2)s1. The topological polar surface area (TPSA) is 70.1 Å². The lowest BCUT2D eigenvalue weighted by Crippen LogP contribution is -2.23. The fraction of sp³-hybridized carbons (Fsp3) is 0.438. The zero-order chi connectivity index (χ0) is 16.9. The Kier molecular flexibility index (Phi) is 5.52. The number of urea groups is 1. The smallest absolute Gasteiger partial charge is 0.325 e. The number of hydrogen-bond donors (Lipinski definition) is 2. The molecule has 8 heteroatoms. The van der Waals surface area contributed by atoms with Gasteiger partial charge < -0.3 is 10.2 Å². The van der Waals surface area contributed by atoms with Crippen molar-refractivity contribution >= 4 is 44.9 Å². The van der Waals surface area contributed by atoms with Crippen LogP contribution in [-0.2, 0) is 0 Å². The maximum absolute atomic E-state index is 12.1. The molecule has 1 saturated heterocycles. The van der Waals surface area contributed by atoms with Crippen molar-refractivity contribution in [2.45, 2.75) is 32.6 Å². The van der Waals surface area contributed by atoms with Gasteiger partial charge in [0, 0.05) is 23.8 Å². The Morgan fingerprint density at radius 1 is 1.17 bits per heavy atom. The van der Waals surface area contributed by atoms with Gasteiger partial charge in [-0.25, -0.2) is 4.79 Å². The summed E-state index contributed by atoms with van der Waals surface area (Å²) in [5.41, 5.74) is 1.62. The molecule has 0 saturated carbocycles. The van der Waals surface area contributed by atoms with Crippen LogP contribution in [0.25, 0.3) is 0 Å². The standard InChI is InChI=1S/C16H20ClN5OS/c1-11-6-7-12(17)10-13(11)18-14(23)19-15-20-21-16(24-15)22-8-4-2-3-5-9-22/h6-7,10H,2-5,8-9H2,1H3,(H2,18,19,20,23). The molecule has 0 unspecified atom stereocenters. The fourth-order valence-electron chi connectivity index (χ4n) is 2.64. The van der Waals surface area contributed by atoms with E-state index >= 15 is 0 Å². The van der Waals surface area contributed by atoms with Crippen molar-refractivity contribution in [3.8, 4) is 0 Å². The molecule has 24 heavy (non-hydrogen) atoms. The Balaban J connectivity index is 1.61. The molecular formula is C16H20ClN5OS. The van der Waals surface area contributed by atoms with Crippen molar-refractivity contribution in [2.75, 3.05) is 28.6 Å². The molecule has 128 valence electrons. The van der Waals surface area contributed by atoms with Gasteiger partial charge in [-0.3, -0.25) is 5.32 Å². The number of aromatic nitrogens is 2. The van der Waals surface area contributed by atoms with Crippen LogP contribution in [0, 0.1) is 6.92 Å². The van der Waals surface area contributed by atoms with Gasteiger partial charge >= 0.3 is 6.03 Å². The van der Waals surface area contributed by atoms with Crippen LogP contribution in [0.1, 0.15) is 31.2 Å². The van der Waals surface area contributed by atoms with Gasteiger partial charge in [0.2, 0.25) is 10.3 Å². The summed E-state index contributed by atoms with van der Waals surface area (Å²) in [5, 5.41) is 15.7. The minimum Gasteiger partial charge on any atom is -0.347 e. The second-order valence-electron chi connectivity index (χ2n) is 5.83. The Morgan fingerprint density at radius 2 is 1.92 bits per heavy atom. The number of anilines is 3. The van der Waals surface area contributed by atoms with Gasteiger partial charge in [-0.1, -0.05) is 41.8 Å². The summed E-state index contributed by atoms with van der Waals surface area (Å²) in [6, 6.07) is 5.02. The fourth-order valence-corrected chi connectivity index (χ4v) is 3.60. The molecule has 6 nitrogen and oxygen atoms in total. The highest BCUT2D eigenvalue weighted by molar-refractivity contribution is 7.19. The number of benzene rings is 1. The largest absolute Gasteiger partial charge is 0.347 e. The summed E-state index contributed by atoms with van der Waals surface area (Å²) in [7, 11) is 0. The molecule has 1 fully saturated rings. The van der Waals surface area contributed by atoms with E-state index < -0.39 is 0 Å². The van der Waals surface area contributed by atoms with E-state index in [-0.39, 0.29) is 6.03 Å². The molecule has 0 radical (unpaired) electrons. The summed E-state index contributed by atoms with van der Waals surface area (Å²) in [5.74, 6) is 0. The molecule has 2 heterocycles. The zero-order valence-electron chi connectivity index (χ0n) is 13.5. The first-order chi connectivity index (χ1) is 11.6. The van der Waals surface area contributed by atoms with Gasteiger partial charge in [-0.2, -0.15) is 0 Å². The summed E-state index contributed by atoms with van der Waals surface area (Å²) < 4.78 is 0. The van der Waals surface area contributed by atoms with Crippen LogP contribution in [-0.4, -0.2) is 29.3 Å². The van der Waals surface area contributed by atoms with Crippen molar-refractivity contribution in [1.29, 1.82) is 0 Å². The third kappa shape index (κ3) is 4.36. The molecule has 2 amide bonds. The molecule has 1 aromatic carbocycles. The molecule has 3 rings (SSSR count). The van der Waals surface area contributed by atoms with Crippen molar-refractivity contribution < 1.29 is 4.79 Å². The number of halogens is 1. The summed E-state index contributed by atoms with van der Waals surface area (Å²) in [4.78, 5) is 14.4. The highest BCUT2D eigenvalue weighted by Crippen LogP contribution is 2.26. The van der Waals surface area contributed by atoms with Gasteiger partial charge in [-0.15, -0.1) is 10.2 Å². The number of amides is 2. The van der Waals surface area contributed by atoms with Crippen LogP contribution in [0.3, 0.4) is 0 Å². The maximum Gasteiger partial charge on any atom is 0.325 e. The van der Waals surface area contributed by atoms with E-state index in [2.05, 4.69) is 25.7 Å². The first kappa shape index (κ1) is 17.0. The van der Waals surface area contributed by atoms with Gasteiger partial charge in [0.15, 0.2) is 0 Å². The second-order valence-corrected chi connectivity index (χ2v) is 7.22. The van der Waals surface area contributed by atoms with E-state index in [1.54, 1.807) is 12.1 Å². The third-order valence-electron chi connectivity index (χ3n) is 3.96. The molecule has 2 aromatic rings. The molecule has 0 atom stereocenters. The normalized spacial score (nSPS) is 15.0. The average Bonchev–Trinajstić information content (AvgIpc) is 2.83. The highest BCUT2D eigenvalue weighted by Gasteiger charge is 2.16. The highest BCUT2D eigenvalue weighted by atomic mass is 35.5. The average molecular weight is 366 g/mol. The number of carbonyl (C=O) groups excluding carboxylic acids is 1. The Labute approximate surface area is 150 Å². The van der Waals surface area contributed by atoms with Crippen molar-refractivity contribution in [3.05, 3.63) is 28.8 Å². The van der Waals surface area contributed by atoms with Crippen LogP contribution < -0.4 is 15.5 Å². The number of nitrogens with one attached hydrogen (secondary N) is 2. The second kappa shape index (κ2) is 7.81. The monoisotopic (exact) mass is 365 g/mol. The lowest BCUT2D eigenvalue weighted by atomic mass is 10.2. The van der Waals surface area contributed by atoms with Crippen molar-refractivity contribution in [3.63, 3.8) is 0 Å². The first-order valence-electron chi connectivity index (χ1n) is 8.04. The summed E-state index contributed by atoms with van der Waals surface area (Å²) >= 11 is 7.37. The number of nitrogens with zero attached hydrogens (tertiary/aromatic N) is 3. The predicted octanol–water partition coefficient (Wildman–Crippen LogP) is 4.52. The van der Waals surface area contributed by atoms with Crippen LogP contribution in [0.2, 0.25) is 5.02 Å². The van der Waals surface area contributed by atoms with Crippen LogP contribution in [0.5, 0.6) is 0 Å². The van der Waals surface area contributed by atoms with E-state index in [4.69, 9.17) is 11.6 Å². The number of carbonyl (C=O) groups is 1. The molecule has 0 bridgehead atoms. The Bertz CT molecular complexity index is 712.